The van der Waals surface area contributed by atoms with Crippen LogP contribution in [0.2, 0.25) is 5.02 Å². The first-order valence-corrected chi connectivity index (χ1v) is 7.00. The van der Waals surface area contributed by atoms with E-state index in [9.17, 15) is 4.79 Å². The molecular weight excluding hydrogens is 264 g/mol. The van der Waals surface area contributed by atoms with Crippen LogP contribution in [0.4, 0.5) is 10.5 Å². The van der Waals surface area contributed by atoms with Crippen LogP contribution in [-0.2, 0) is 4.74 Å². The first-order valence-electron chi connectivity index (χ1n) is 6.62. The number of likely N-dealkylation sites (tertiary alicyclic amines) is 1. The third-order valence-electron chi connectivity index (χ3n) is 3.16. The van der Waals surface area contributed by atoms with Crippen LogP contribution < -0.4 is 5.32 Å². The zero-order valence-electron chi connectivity index (χ0n) is 11.1. The maximum Gasteiger partial charge on any atom is 0.321 e. The molecule has 1 aromatic carbocycles. The summed E-state index contributed by atoms with van der Waals surface area (Å²) >= 11 is 5.81. The molecule has 1 heterocycles. The van der Waals surface area contributed by atoms with Gasteiger partial charge in [0.15, 0.2) is 0 Å². The van der Waals surface area contributed by atoms with E-state index in [4.69, 9.17) is 16.3 Å². The second-order valence-electron chi connectivity index (χ2n) is 4.60. The summed E-state index contributed by atoms with van der Waals surface area (Å²) in [6.07, 6.45) is 2.17. The van der Waals surface area contributed by atoms with Crippen molar-refractivity contribution in [3.8, 4) is 0 Å². The molecule has 0 aliphatic carbocycles. The second-order valence-corrected chi connectivity index (χ2v) is 5.04. The van der Waals surface area contributed by atoms with Crippen LogP contribution in [-0.4, -0.2) is 36.7 Å². The lowest BCUT2D eigenvalue weighted by molar-refractivity contribution is 0.0181. The van der Waals surface area contributed by atoms with Crippen LogP contribution >= 0.6 is 11.6 Å². The maximum atomic E-state index is 12.1. The van der Waals surface area contributed by atoms with Gasteiger partial charge in [-0.3, -0.25) is 0 Å². The Morgan fingerprint density at radius 1 is 1.47 bits per heavy atom. The minimum Gasteiger partial charge on any atom is -0.377 e. The van der Waals surface area contributed by atoms with Crippen LogP contribution in [0.25, 0.3) is 0 Å². The van der Waals surface area contributed by atoms with Crippen LogP contribution in [0.1, 0.15) is 19.8 Å². The highest BCUT2D eigenvalue weighted by atomic mass is 35.5. The third kappa shape index (κ3) is 4.11. The van der Waals surface area contributed by atoms with Gasteiger partial charge >= 0.3 is 6.03 Å². The first-order chi connectivity index (χ1) is 9.19. The average Bonchev–Trinajstić information content (AvgIpc) is 2.42. The summed E-state index contributed by atoms with van der Waals surface area (Å²) in [7, 11) is 0. The number of hydrogen-bond donors (Lipinski definition) is 1. The number of amides is 2. The molecule has 1 atom stereocenters. The van der Waals surface area contributed by atoms with Gasteiger partial charge in [0, 0.05) is 30.4 Å². The Kier molecular flexibility index (Phi) is 5.05. The highest BCUT2D eigenvalue weighted by Gasteiger charge is 2.23. The number of urea groups is 1. The van der Waals surface area contributed by atoms with Crippen molar-refractivity contribution in [1.29, 1.82) is 0 Å². The summed E-state index contributed by atoms with van der Waals surface area (Å²) in [5.74, 6) is 0. The van der Waals surface area contributed by atoms with Crippen LogP contribution in [0, 0.1) is 0 Å². The lowest BCUT2D eigenvalue weighted by Gasteiger charge is -2.32. The molecule has 1 unspecified atom stereocenters. The topological polar surface area (TPSA) is 41.6 Å². The standard InChI is InChI=1S/C14H19ClN2O2/c1-2-19-13-4-3-9-17(10-13)14(18)16-12-7-5-11(15)6-8-12/h5-8,13H,2-4,9-10H2,1H3,(H,16,18). The average molecular weight is 283 g/mol. The van der Waals surface area contributed by atoms with Gasteiger partial charge in [-0.2, -0.15) is 0 Å². The Hall–Kier alpha value is -1.26. The van der Waals surface area contributed by atoms with Gasteiger partial charge < -0.3 is 15.0 Å². The molecule has 0 spiro atoms. The first kappa shape index (κ1) is 14.2. The molecule has 19 heavy (non-hydrogen) atoms. The largest absolute Gasteiger partial charge is 0.377 e. The molecular formula is C14H19ClN2O2. The molecule has 1 saturated heterocycles. The smallest absolute Gasteiger partial charge is 0.321 e. The molecule has 0 aromatic heterocycles. The van der Waals surface area contributed by atoms with E-state index >= 15 is 0 Å². The van der Waals surface area contributed by atoms with E-state index in [-0.39, 0.29) is 12.1 Å². The Morgan fingerprint density at radius 2 is 2.21 bits per heavy atom. The zero-order valence-corrected chi connectivity index (χ0v) is 11.8. The van der Waals surface area contributed by atoms with Crippen LogP contribution in [0.5, 0.6) is 0 Å². The van der Waals surface area contributed by atoms with Crippen molar-refractivity contribution in [3.63, 3.8) is 0 Å². The van der Waals surface area contributed by atoms with E-state index in [0.717, 1.165) is 25.1 Å². The number of hydrogen-bond acceptors (Lipinski definition) is 2. The number of benzene rings is 1. The lowest BCUT2D eigenvalue weighted by Crippen LogP contribution is -2.45. The van der Waals surface area contributed by atoms with Crippen molar-refractivity contribution < 1.29 is 9.53 Å². The summed E-state index contributed by atoms with van der Waals surface area (Å²) in [5.41, 5.74) is 0.757. The van der Waals surface area contributed by atoms with E-state index in [0.29, 0.717) is 18.2 Å². The summed E-state index contributed by atoms with van der Waals surface area (Å²) in [5, 5.41) is 3.53. The van der Waals surface area contributed by atoms with Gasteiger partial charge in [-0.05, 0) is 44.0 Å². The van der Waals surface area contributed by atoms with E-state index in [1.54, 1.807) is 29.2 Å². The van der Waals surface area contributed by atoms with Gasteiger partial charge in [-0.15, -0.1) is 0 Å². The normalized spacial score (nSPS) is 19.3. The Bertz CT molecular complexity index is 420. The Balaban J connectivity index is 1.90. The molecule has 0 saturated carbocycles. The van der Waals surface area contributed by atoms with E-state index in [2.05, 4.69) is 5.32 Å². The lowest BCUT2D eigenvalue weighted by atomic mass is 10.1. The molecule has 1 aliphatic rings. The number of nitrogens with zero attached hydrogens (tertiary/aromatic N) is 1. The predicted molar refractivity (Wildman–Crippen MR) is 76.7 cm³/mol. The van der Waals surface area contributed by atoms with Gasteiger partial charge in [0.25, 0.3) is 0 Å². The molecule has 104 valence electrons. The van der Waals surface area contributed by atoms with Gasteiger partial charge in [0.2, 0.25) is 0 Å². The highest BCUT2D eigenvalue weighted by molar-refractivity contribution is 6.30. The van der Waals surface area contributed by atoms with Crippen molar-refractivity contribution in [1.82, 2.24) is 4.90 Å². The molecule has 0 radical (unpaired) electrons. The van der Waals surface area contributed by atoms with E-state index in [1.165, 1.54) is 0 Å². The fourth-order valence-corrected chi connectivity index (χ4v) is 2.36. The molecule has 4 nitrogen and oxygen atoms in total. The number of carbonyl (C=O) groups excluding carboxylic acids is 1. The van der Waals surface area contributed by atoms with Crippen LogP contribution in [0.3, 0.4) is 0 Å². The molecule has 1 aliphatic heterocycles. The predicted octanol–water partition coefficient (Wildman–Crippen LogP) is 3.37. The Labute approximate surface area is 118 Å². The maximum absolute atomic E-state index is 12.1. The second kappa shape index (κ2) is 6.78. The van der Waals surface area contributed by atoms with Gasteiger partial charge in [-0.25, -0.2) is 4.79 Å². The van der Waals surface area contributed by atoms with Gasteiger partial charge in [0.05, 0.1) is 6.10 Å². The van der Waals surface area contributed by atoms with Gasteiger partial charge in [-0.1, -0.05) is 11.6 Å². The van der Waals surface area contributed by atoms with Crippen molar-refractivity contribution in [3.05, 3.63) is 29.3 Å². The summed E-state index contributed by atoms with van der Waals surface area (Å²) in [6.45, 7) is 4.11. The number of halogens is 1. The third-order valence-corrected chi connectivity index (χ3v) is 3.42. The molecule has 0 bridgehead atoms. The quantitative estimate of drug-likeness (QED) is 0.923. The van der Waals surface area contributed by atoms with E-state index in [1.807, 2.05) is 6.92 Å². The van der Waals surface area contributed by atoms with Crippen molar-refractivity contribution in [2.45, 2.75) is 25.9 Å². The monoisotopic (exact) mass is 282 g/mol. The van der Waals surface area contributed by atoms with Crippen molar-refractivity contribution in [2.24, 2.45) is 0 Å². The minimum atomic E-state index is -0.0771. The molecule has 2 rings (SSSR count). The number of ether oxygens (including phenoxy) is 1. The molecule has 2 amide bonds. The van der Waals surface area contributed by atoms with Crippen molar-refractivity contribution in [2.75, 3.05) is 25.0 Å². The number of anilines is 1. The summed E-state index contributed by atoms with van der Waals surface area (Å²) in [4.78, 5) is 13.9. The zero-order chi connectivity index (χ0) is 13.7. The highest BCUT2D eigenvalue weighted by Crippen LogP contribution is 2.17. The van der Waals surface area contributed by atoms with Crippen molar-refractivity contribution >= 4 is 23.3 Å². The van der Waals surface area contributed by atoms with Gasteiger partial charge in [0.1, 0.15) is 0 Å². The number of carbonyl (C=O) groups is 1. The fraction of sp³-hybridized carbons (Fsp3) is 0.500. The SMILES string of the molecule is CCOC1CCCN(C(=O)Nc2ccc(Cl)cc2)C1. The molecule has 1 fully saturated rings. The number of rotatable bonds is 3. The molecule has 1 N–H and O–H groups in total. The minimum absolute atomic E-state index is 0.0771. The summed E-state index contributed by atoms with van der Waals surface area (Å²) < 4.78 is 5.59. The van der Waals surface area contributed by atoms with Crippen LogP contribution in [0.15, 0.2) is 24.3 Å². The number of nitrogens with one attached hydrogen (secondary N) is 1. The summed E-state index contributed by atoms with van der Waals surface area (Å²) in [6, 6.07) is 7.04. The molecule has 5 heteroatoms. The fourth-order valence-electron chi connectivity index (χ4n) is 2.23. The number of piperidine rings is 1. The van der Waals surface area contributed by atoms with E-state index < -0.39 is 0 Å². The Morgan fingerprint density at radius 3 is 2.89 bits per heavy atom. The molecule has 1 aromatic rings.